The van der Waals surface area contributed by atoms with Gasteiger partial charge in [0.05, 0.1) is 23.7 Å². The Morgan fingerprint density at radius 1 is 1.04 bits per heavy atom. The summed E-state index contributed by atoms with van der Waals surface area (Å²) in [7, 11) is 1.32. The predicted molar refractivity (Wildman–Crippen MR) is 104 cm³/mol. The Labute approximate surface area is 161 Å². The van der Waals surface area contributed by atoms with Crippen molar-refractivity contribution >= 4 is 28.6 Å². The number of ether oxygens (including phenoxy) is 1. The van der Waals surface area contributed by atoms with E-state index < -0.39 is 5.97 Å². The third kappa shape index (κ3) is 3.29. The number of methoxy groups -OCH3 is 1. The van der Waals surface area contributed by atoms with Crippen molar-refractivity contribution in [2.75, 3.05) is 12.4 Å². The molecule has 136 valence electrons. The number of nitrogens with one attached hydrogen (secondary N) is 1. The first-order valence-corrected chi connectivity index (χ1v) is 8.51. The zero-order valence-electron chi connectivity index (χ0n) is 15.0. The quantitative estimate of drug-likeness (QED) is 0.557. The highest BCUT2D eigenvalue weighted by molar-refractivity contribution is 6.05. The van der Waals surface area contributed by atoms with Crippen LogP contribution in [-0.4, -0.2) is 28.5 Å². The molecule has 0 saturated carbocycles. The second-order valence-corrected chi connectivity index (χ2v) is 6.04. The molecule has 0 saturated heterocycles. The van der Waals surface area contributed by atoms with Crippen LogP contribution in [0.5, 0.6) is 0 Å². The minimum absolute atomic E-state index is 0.271. The van der Waals surface area contributed by atoms with E-state index in [0.717, 1.165) is 16.7 Å². The topological polar surface area (TPSA) is 73.2 Å². The van der Waals surface area contributed by atoms with Crippen LogP contribution in [-0.2, 0) is 4.74 Å². The Bertz CT molecular complexity index is 1160. The summed E-state index contributed by atoms with van der Waals surface area (Å²) in [5, 5.41) is 2.87. The van der Waals surface area contributed by atoms with Gasteiger partial charge in [0.2, 0.25) is 0 Å². The monoisotopic (exact) mass is 369 g/mol. The van der Waals surface area contributed by atoms with E-state index in [1.165, 1.54) is 7.11 Å². The van der Waals surface area contributed by atoms with Crippen LogP contribution < -0.4 is 5.32 Å². The highest BCUT2D eigenvalue weighted by Crippen LogP contribution is 2.20. The van der Waals surface area contributed by atoms with Gasteiger partial charge in [-0.2, -0.15) is 0 Å². The number of nitrogens with zero attached hydrogens (tertiary/aromatic N) is 2. The standard InChI is InChI=1S/C22H15N3O3/c1-28-22(27)16-11-9-15(10-12-16)21(26)24-17-5-4-6-18(13-17)25-14-23-19-7-2-3-8-20(19)25/h4-14H,1H3,(H,24,26). The number of benzene rings is 2. The number of rotatable bonds is 4. The van der Waals surface area contributed by atoms with Crippen LogP contribution in [0.15, 0.2) is 67.0 Å². The van der Waals surface area contributed by atoms with Crippen molar-refractivity contribution in [3.05, 3.63) is 90.3 Å². The molecule has 3 aromatic carbocycles. The molecular weight excluding hydrogens is 354 g/mol. The van der Waals surface area contributed by atoms with Crippen LogP contribution in [0.4, 0.5) is 5.69 Å². The minimum Gasteiger partial charge on any atom is -0.465 e. The third-order valence-electron chi connectivity index (χ3n) is 4.29. The average molecular weight is 369 g/mol. The Hall–Kier alpha value is -4.11. The first kappa shape index (κ1) is 17.3. The smallest absolute Gasteiger partial charge is 0.337 e. The first-order valence-electron chi connectivity index (χ1n) is 8.51. The van der Waals surface area contributed by atoms with E-state index in [1.807, 2.05) is 34.9 Å². The third-order valence-corrected chi connectivity index (χ3v) is 4.29. The summed E-state index contributed by atoms with van der Waals surface area (Å²) in [4.78, 5) is 28.4. The van der Waals surface area contributed by atoms with Gasteiger partial charge in [-0.25, -0.2) is 9.78 Å². The van der Waals surface area contributed by atoms with Crippen molar-refractivity contribution in [3.63, 3.8) is 0 Å². The van der Waals surface area contributed by atoms with Gasteiger partial charge in [0.15, 0.2) is 0 Å². The molecule has 0 fully saturated rings. The average Bonchev–Trinajstić information content (AvgIpc) is 3.17. The van der Waals surface area contributed by atoms with Gasteiger partial charge in [-0.1, -0.05) is 18.2 Å². The fourth-order valence-corrected chi connectivity index (χ4v) is 2.86. The zero-order valence-corrected chi connectivity index (χ0v) is 15.0. The maximum Gasteiger partial charge on any atom is 0.337 e. The van der Waals surface area contributed by atoms with E-state index in [4.69, 9.17) is 0 Å². The molecule has 1 amide bonds. The number of amides is 1. The number of anilines is 1. The number of imidazole rings is 1. The normalized spacial score (nSPS) is 10.3. The summed E-state index contributed by atoms with van der Waals surface area (Å²) in [6.45, 7) is 0. The Morgan fingerprint density at radius 2 is 1.79 bits per heavy atom. The molecule has 6 heteroatoms. The number of carbonyl (C=O) groups is 2. The molecule has 28 heavy (non-hydrogen) atoms. The summed E-state index contributed by atoms with van der Waals surface area (Å²) in [6, 6.07) is 23.1. The van der Waals surface area contributed by atoms with Gasteiger partial charge < -0.3 is 10.1 Å². The number of carbonyl (C=O) groups excluding carboxylic acids is 2. The first-order chi connectivity index (χ1) is 13.7. The van der Waals surface area contributed by atoms with Crippen LogP contribution in [0.25, 0.3) is 16.7 Å². The van der Waals surface area contributed by atoms with Crippen molar-refractivity contribution < 1.29 is 14.3 Å². The van der Waals surface area contributed by atoms with E-state index in [0.29, 0.717) is 16.8 Å². The molecule has 0 bridgehead atoms. The Balaban J connectivity index is 1.56. The molecule has 0 aliphatic carbocycles. The highest BCUT2D eigenvalue weighted by Gasteiger charge is 2.10. The number of hydrogen-bond acceptors (Lipinski definition) is 4. The minimum atomic E-state index is -0.443. The van der Waals surface area contributed by atoms with E-state index >= 15 is 0 Å². The molecule has 4 rings (SSSR count). The number of esters is 1. The van der Waals surface area contributed by atoms with Gasteiger partial charge in [-0.05, 0) is 42.5 Å². The second-order valence-electron chi connectivity index (χ2n) is 6.04. The molecule has 0 atom stereocenters. The number of fused-ring (bicyclic) bond motifs is 1. The van der Waals surface area contributed by atoms with Crippen molar-refractivity contribution in [1.29, 1.82) is 0 Å². The number of aromatic nitrogens is 2. The van der Waals surface area contributed by atoms with E-state index in [2.05, 4.69) is 27.2 Å². The van der Waals surface area contributed by atoms with E-state index in [9.17, 15) is 9.59 Å². The van der Waals surface area contributed by atoms with Crippen molar-refractivity contribution in [2.45, 2.75) is 0 Å². The fourth-order valence-electron chi connectivity index (χ4n) is 2.86. The summed E-state index contributed by atoms with van der Waals surface area (Å²) >= 11 is 0. The van der Waals surface area contributed by atoms with Crippen LogP contribution in [0.3, 0.4) is 0 Å². The van der Waals surface area contributed by atoms with Gasteiger partial charge in [0.25, 0.3) is 5.91 Å². The van der Waals surface area contributed by atoms with Crippen LogP contribution in [0, 0.1) is 12.1 Å². The molecule has 1 heterocycles. The van der Waals surface area contributed by atoms with Gasteiger partial charge in [0, 0.05) is 29.1 Å². The maximum absolute atomic E-state index is 12.5. The maximum atomic E-state index is 12.5. The molecule has 1 N–H and O–H groups in total. The molecule has 6 nitrogen and oxygen atoms in total. The van der Waals surface area contributed by atoms with E-state index in [-0.39, 0.29) is 5.91 Å². The summed E-state index contributed by atoms with van der Waals surface area (Å²) in [5.74, 6) is -0.714. The van der Waals surface area contributed by atoms with Crippen LogP contribution >= 0.6 is 0 Å². The predicted octanol–water partition coefficient (Wildman–Crippen LogP) is 3.66. The van der Waals surface area contributed by atoms with Gasteiger partial charge in [-0.15, -0.1) is 0 Å². The largest absolute Gasteiger partial charge is 0.465 e. The SMILES string of the molecule is COC(=O)c1ccc(C(=O)Nc2cccc(-n3cnc4cc#ccc43)c2)cc1. The summed E-state index contributed by atoms with van der Waals surface area (Å²) in [5.41, 5.74) is 4.06. The van der Waals surface area contributed by atoms with Crippen molar-refractivity contribution in [1.82, 2.24) is 9.55 Å². The molecule has 0 unspecified atom stereocenters. The van der Waals surface area contributed by atoms with Crippen LogP contribution in [0.2, 0.25) is 0 Å². The van der Waals surface area contributed by atoms with Gasteiger partial charge in [-0.3, -0.25) is 9.36 Å². The second kappa shape index (κ2) is 7.25. The molecule has 0 aliphatic rings. The van der Waals surface area contributed by atoms with Crippen molar-refractivity contribution in [3.8, 4) is 5.69 Å². The Morgan fingerprint density at radius 3 is 2.57 bits per heavy atom. The lowest BCUT2D eigenvalue weighted by molar-refractivity contribution is 0.0600. The van der Waals surface area contributed by atoms with E-state index in [1.54, 1.807) is 36.7 Å². The summed E-state index contributed by atoms with van der Waals surface area (Å²) < 4.78 is 6.58. The Kier molecular flexibility index (Phi) is 4.48. The lowest BCUT2D eigenvalue weighted by Crippen LogP contribution is -2.12. The number of hydrogen-bond donors (Lipinski definition) is 1. The van der Waals surface area contributed by atoms with Crippen LogP contribution in [0.1, 0.15) is 20.7 Å². The molecule has 0 aliphatic heterocycles. The van der Waals surface area contributed by atoms with Gasteiger partial charge >= 0.3 is 5.97 Å². The molecule has 0 spiro atoms. The fraction of sp³-hybridized carbons (Fsp3) is 0.0455. The lowest BCUT2D eigenvalue weighted by Gasteiger charge is -2.09. The molecule has 0 radical (unpaired) electrons. The van der Waals surface area contributed by atoms with Gasteiger partial charge in [0.1, 0.15) is 6.33 Å². The zero-order chi connectivity index (χ0) is 19.5. The molecule has 1 aromatic heterocycles. The highest BCUT2D eigenvalue weighted by atomic mass is 16.5. The summed E-state index contributed by atoms with van der Waals surface area (Å²) in [6.07, 6.45) is 1.72. The lowest BCUT2D eigenvalue weighted by atomic mass is 10.1. The molecule has 4 aromatic rings. The molecular formula is C22H15N3O3. The van der Waals surface area contributed by atoms with Crippen molar-refractivity contribution in [2.24, 2.45) is 0 Å².